The summed E-state index contributed by atoms with van der Waals surface area (Å²) < 4.78 is 5.30. The van der Waals surface area contributed by atoms with Crippen LogP contribution in [0.1, 0.15) is 18.2 Å². The van der Waals surface area contributed by atoms with Crippen molar-refractivity contribution in [2.45, 2.75) is 12.6 Å². The lowest BCUT2D eigenvalue weighted by Gasteiger charge is -2.28. The number of fused-ring (bicyclic) bond motifs is 1. The highest BCUT2D eigenvalue weighted by Crippen LogP contribution is 2.41. The molecule has 5 nitrogen and oxygen atoms in total. The van der Waals surface area contributed by atoms with Crippen LogP contribution in [0.3, 0.4) is 0 Å². The first-order chi connectivity index (χ1) is 14.3. The van der Waals surface area contributed by atoms with Crippen molar-refractivity contribution in [2.24, 2.45) is 0 Å². The van der Waals surface area contributed by atoms with Crippen LogP contribution in [-0.2, 0) is 0 Å². The fraction of sp³-hybridized carbons (Fsp3) is 0.208. The van der Waals surface area contributed by atoms with Gasteiger partial charge < -0.3 is 4.74 Å². The molecule has 2 aliphatic heterocycles. The van der Waals surface area contributed by atoms with E-state index in [9.17, 15) is 4.79 Å². The first-order valence-electron chi connectivity index (χ1n) is 9.93. The molecule has 2 fully saturated rings. The van der Waals surface area contributed by atoms with Crippen molar-refractivity contribution in [1.29, 1.82) is 0 Å². The van der Waals surface area contributed by atoms with Crippen LogP contribution in [-0.4, -0.2) is 36.2 Å². The Morgan fingerprint density at radius 1 is 0.828 bits per heavy atom. The highest BCUT2D eigenvalue weighted by molar-refractivity contribution is 5.95. The molecule has 3 aromatic carbocycles. The summed E-state index contributed by atoms with van der Waals surface area (Å²) in [7, 11) is 1.66. The van der Waals surface area contributed by atoms with Crippen molar-refractivity contribution in [3.05, 3.63) is 84.4 Å². The van der Waals surface area contributed by atoms with Crippen LogP contribution < -0.4 is 9.64 Å². The molecular weight excluding hydrogens is 362 g/mol. The van der Waals surface area contributed by atoms with Gasteiger partial charge in [-0.3, -0.25) is 9.91 Å². The zero-order valence-corrected chi connectivity index (χ0v) is 16.4. The Balaban J connectivity index is 1.51. The molecule has 0 aromatic heterocycles. The minimum atomic E-state index is -0.140. The van der Waals surface area contributed by atoms with Gasteiger partial charge in [0.1, 0.15) is 11.9 Å². The first-order valence-corrected chi connectivity index (χ1v) is 9.93. The fourth-order valence-corrected chi connectivity index (χ4v) is 4.25. The quantitative estimate of drug-likeness (QED) is 0.639. The van der Waals surface area contributed by atoms with Gasteiger partial charge in [-0.1, -0.05) is 54.6 Å². The Morgan fingerprint density at radius 3 is 2.21 bits per heavy atom. The standard InChI is InChI=1S/C24H23N3O2/c1-29-22-14-10-20(11-15-22)23-25-16-5-17-26(25)24(28)27(23)21-12-8-19(9-13-21)18-6-3-2-4-7-18/h2-4,6-15,23H,5,16-17H2,1H3. The highest BCUT2D eigenvalue weighted by Gasteiger charge is 2.47. The minimum absolute atomic E-state index is 0.0378. The van der Waals surface area contributed by atoms with Gasteiger partial charge in [0.2, 0.25) is 0 Å². The number of amides is 2. The van der Waals surface area contributed by atoms with E-state index in [2.05, 4.69) is 29.3 Å². The van der Waals surface area contributed by atoms with Gasteiger partial charge >= 0.3 is 6.03 Å². The van der Waals surface area contributed by atoms with E-state index in [-0.39, 0.29) is 12.2 Å². The lowest BCUT2D eigenvalue weighted by atomic mass is 10.0. The molecule has 2 saturated heterocycles. The summed E-state index contributed by atoms with van der Waals surface area (Å²) in [6.07, 6.45) is 0.859. The van der Waals surface area contributed by atoms with E-state index in [1.807, 2.05) is 64.5 Å². The topological polar surface area (TPSA) is 36.0 Å². The van der Waals surface area contributed by atoms with Crippen molar-refractivity contribution < 1.29 is 9.53 Å². The third-order valence-corrected chi connectivity index (χ3v) is 5.69. The monoisotopic (exact) mass is 385 g/mol. The van der Waals surface area contributed by atoms with Crippen molar-refractivity contribution in [3.63, 3.8) is 0 Å². The number of carbonyl (C=O) groups excluding carboxylic acids is 1. The van der Waals surface area contributed by atoms with E-state index in [0.717, 1.165) is 42.1 Å². The van der Waals surface area contributed by atoms with Crippen LogP contribution in [0, 0.1) is 0 Å². The molecule has 0 N–H and O–H groups in total. The average molecular weight is 385 g/mol. The molecule has 2 aliphatic rings. The lowest BCUT2D eigenvalue weighted by molar-refractivity contribution is 0.0727. The zero-order chi connectivity index (χ0) is 19.8. The normalized spacial score (nSPS) is 18.9. The molecule has 5 rings (SSSR count). The Kier molecular flexibility index (Phi) is 4.45. The van der Waals surface area contributed by atoms with Crippen LogP contribution in [0.5, 0.6) is 5.75 Å². The van der Waals surface area contributed by atoms with E-state index in [1.54, 1.807) is 7.11 Å². The van der Waals surface area contributed by atoms with Crippen molar-refractivity contribution in [3.8, 4) is 16.9 Å². The SMILES string of the molecule is COc1ccc(C2N(c3ccc(-c4ccccc4)cc3)C(=O)N3CCCN23)cc1. The van der Waals surface area contributed by atoms with Crippen molar-refractivity contribution in [2.75, 3.05) is 25.1 Å². The molecule has 1 unspecified atom stereocenters. The molecule has 146 valence electrons. The van der Waals surface area contributed by atoms with Gasteiger partial charge in [0.05, 0.1) is 7.11 Å². The van der Waals surface area contributed by atoms with Crippen LogP contribution in [0.15, 0.2) is 78.9 Å². The van der Waals surface area contributed by atoms with Crippen LogP contribution >= 0.6 is 0 Å². The molecule has 2 amide bonds. The number of ether oxygens (including phenoxy) is 1. The van der Waals surface area contributed by atoms with E-state index < -0.39 is 0 Å². The van der Waals surface area contributed by atoms with Gasteiger partial charge in [0.15, 0.2) is 0 Å². The number of nitrogens with zero attached hydrogens (tertiary/aromatic N) is 3. The summed E-state index contributed by atoms with van der Waals surface area (Å²) in [4.78, 5) is 15.1. The van der Waals surface area contributed by atoms with Gasteiger partial charge in [-0.05, 0) is 47.4 Å². The number of urea groups is 1. The van der Waals surface area contributed by atoms with Crippen molar-refractivity contribution in [1.82, 2.24) is 10.0 Å². The molecule has 2 heterocycles. The summed E-state index contributed by atoms with van der Waals surface area (Å²) in [5.41, 5.74) is 4.30. The fourth-order valence-electron chi connectivity index (χ4n) is 4.25. The molecule has 1 atom stereocenters. The summed E-state index contributed by atoms with van der Waals surface area (Å²) in [6, 6.07) is 26.6. The third-order valence-electron chi connectivity index (χ3n) is 5.69. The van der Waals surface area contributed by atoms with Gasteiger partial charge in [0, 0.05) is 18.8 Å². The maximum atomic E-state index is 13.2. The molecule has 29 heavy (non-hydrogen) atoms. The predicted molar refractivity (Wildman–Crippen MR) is 114 cm³/mol. The Bertz CT molecular complexity index is 1000. The molecule has 3 aromatic rings. The van der Waals surface area contributed by atoms with Gasteiger partial charge in [-0.15, -0.1) is 0 Å². The smallest absolute Gasteiger partial charge is 0.340 e. The zero-order valence-electron chi connectivity index (χ0n) is 16.4. The molecular formula is C24H23N3O2. The number of hydrogen-bond donors (Lipinski definition) is 0. The summed E-state index contributed by atoms with van der Waals surface area (Å²) in [5, 5.41) is 4.05. The van der Waals surface area contributed by atoms with Gasteiger partial charge in [-0.25, -0.2) is 4.79 Å². The van der Waals surface area contributed by atoms with Crippen LogP contribution in [0.25, 0.3) is 11.1 Å². The number of hydrogen-bond acceptors (Lipinski definition) is 3. The van der Waals surface area contributed by atoms with E-state index in [0.29, 0.717) is 0 Å². The largest absolute Gasteiger partial charge is 0.497 e. The highest BCUT2D eigenvalue weighted by atomic mass is 16.5. The van der Waals surface area contributed by atoms with E-state index in [4.69, 9.17) is 4.74 Å². The molecule has 0 spiro atoms. The van der Waals surface area contributed by atoms with Crippen molar-refractivity contribution >= 4 is 11.7 Å². The predicted octanol–water partition coefficient (Wildman–Crippen LogP) is 4.92. The minimum Gasteiger partial charge on any atom is -0.497 e. The second-order valence-corrected chi connectivity index (χ2v) is 7.35. The number of hydrazine groups is 1. The lowest BCUT2D eigenvalue weighted by Crippen LogP contribution is -2.32. The van der Waals surface area contributed by atoms with Crippen LogP contribution in [0.2, 0.25) is 0 Å². The number of anilines is 1. The third kappa shape index (κ3) is 3.04. The summed E-state index contributed by atoms with van der Waals surface area (Å²) in [5.74, 6) is 0.815. The maximum absolute atomic E-state index is 13.2. The van der Waals surface area contributed by atoms with Gasteiger partial charge in [-0.2, -0.15) is 5.01 Å². The molecule has 0 radical (unpaired) electrons. The van der Waals surface area contributed by atoms with Crippen LogP contribution in [0.4, 0.5) is 10.5 Å². The summed E-state index contributed by atoms with van der Waals surface area (Å²) >= 11 is 0. The molecule has 0 saturated carbocycles. The van der Waals surface area contributed by atoms with E-state index >= 15 is 0 Å². The second-order valence-electron chi connectivity index (χ2n) is 7.35. The number of benzene rings is 3. The Hall–Kier alpha value is -3.31. The Labute approximate surface area is 170 Å². The first kappa shape index (κ1) is 17.8. The average Bonchev–Trinajstić information content (AvgIpc) is 3.37. The maximum Gasteiger partial charge on any atom is 0.340 e. The number of methoxy groups -OCH3 is 1. The number of rotatable bonds is 4. The second kappa shape index (κ2) is 7.26. The van der Waals surface area contributed by atoms with E-state index in [1.165, 1.54) is 5.56 Å². The number of carbonyl (C=O) groups is 1. The molecule has 0 bridgehead atoms. The molecule has 5 heteroatoms. The Morgan fingerprint density at radius 2 is 1.52 bits per heavy atom. The summed E-state index contributed by atoms with van der Waals surface area (Å²) in [6.45, 7) is 1.64. The molecule has 0 aliphatic carbocycles. The van der Waals surface area contributed by atoms with Gasteiger partial charge in [0.25, 0.3) is 0 Å².